The number of benzene rings is 1. The highest BCUT2D eigenvalue weighted by atomic mass is 16.1. The van der Waals surface area contributed by atoms with Gasteiger partial charge in [0.1, 0.15) is 0 Å². The molecule has 17 heavy (non-hydrogen) atoms. The lowest BCUT2D eigenvalue weighted by Gasteiger charge is -2.17. The molecule has 0 bridgehead atoms. The van der Waals surface area contributed by atoms with Gasteiger partial charge in [0.2, 0.25) is 0 Å². The van der Waals surface area contributed by atoms with Crippen LogP contribution in [-0.2, 0) is 6.54 Å². The summed E-state index contributed by atoms with van der Waals surface area (Å²) in [6.45, 7) is 2.68. The minimum absolute atomic E-state index is 0.0269. The zero-order chi connectivity index (χ0) is 12.3. The van der Waals surface area contributed by atoms with Gasteiger partial charge in [-0.3, -0.25) is 4.79 Å². The summed E-state index contributed by atoms with van der Waals surface area (Å²) >= 11 is 0. The Morgan fingerprint density at radius 3 is 2.94 bits per heavy atom. The molecule has 1 amide bonds. The molecule has 0 aromatic heterocycles. The number of amides is 1. The number of nitrogens with two attached hydrogens (primary N) is 1. The molecule has 1 aliphatic carbocycles. The Balaban J connectivity index is 2.03. The van der Waals surface area contributed by atoms with Crippen molar-refractivity contribution in [3.05, 3.63) is 35.4 Å². The lowest BCUT2D eigenvalue weighted by Crippen LogP contribution is -2.36. The van der Waals surface area contributed by atoms with Crippen LogP contribution in [0.5, 0.6) is 0 Å². The van der Waals surface area contributed by atoms with Gasteiger partial charge in [0.05, 0.1) is 0 Å². The highest BCUT2D eigenvalue weighted by Gasteiger charge is 2.24. The average Bonchev–Trinajstić information content (AvgIpc) is 2.75. The van der Waals surface area contributed by atoms with Crippen LogP contribution in [0.4, 0.5) is 0 Å². The van der Waals surface area contributed by atoms with Crippen LogP contribution < -0.4 is 11.1 Å². The Morgan fingerprint density at radius 2 is 2.29 bits per heavy atom. The van der Waals surface area contributed by atoms with Crippen LogP contribution in [0.15, 0.2) is 24.3 Å². The third kappa shape index (κ3) is 2.86. The van der Waals surface area contributed by atoms with Gasteiger partial charge in [0.15, 0.2) is 0 Å². The highest BCUT2D eigenvalue weighted by molar-refractivity contribution is 5.94. The first kappa shape index (κ1) is 12.1. The maximum Gasteiger partial charge on any atom is 0.251 e. The summed E-state index contributed by atoms with van der Waals surface area (Å²) in [5.74, 6) is 0.621. The molecule has 0 saturated heterocycles. The standard InChI is InChI=1S/C14H20N2O/c1-10-4-2-7-13(10)16-14(17)12-6-3-5-11(8-12)9-15/h3,5-6,8,10,13H,2,4,7,9,15H2,1H3,(H,16,17). The predicted octanol–water partition coefficient (Wildman–Crippen LogP) is 2.06. The van der Waals surface area contributed by atoms with Crippen molar-refractivity contribution in [1.29, 1.82) is 0 Å². The van der Waals surface area contributed by atoms with Gasteiger partial charge in [-0.2, -0.15) is 0 Å². The molecule has 1 aromatic rings. The second-order valence-corrected chi connectivity index (χ2v) is 4.89. The van der Waals surface area contributed by atoms with Crippen LogP contribution in [0.25, 0.3) is 0 Å². The number of carbonyl (C=O) groups is 1. The van der Waals surface area contributed by atoms with Gasteiger partial charge in [-0.15, -0.1) is 0 Å². The van der Waals surface area contributed by atoms with Gasteiger partial charge in [-0.1, -0.05) is 25.5 Å². The van der Waals surface area contributed by atoms with E-state index < -0.39 is 0 Å². The molecule has 2 atom stereocenters. The van der Waals surface area contributed by atoms with E-state index in [0.29, 0.717) is 24.1 Å². The lowest BCUT2D eigenvalue weighted by atomic mass is 10.1. The van der Waals surface area contributed by atoms with Crippen molar-refractivity contribution in [2.45, 2.75) is 38.8 Å². The largest absolute Gasteiger partial charge is 0.349 e. The van der Waals surface area contributed by atoms with Crippen LogP contribution in [-0.4, -0.2) is 11.9 Å². The van der Waals surface area contributed by atoms with E-state index in [9.17, 15) is 4.79 Å². The summed E-state index contributed by atoms with van der Waals surface area (Å²) in [7, 11) is 0. The molecule has 1 saturated carbocycles. The van der Waals surface area contributed by atoms with E-state index in [1.165, 1.54) is 12.8 Å². The van der Waals surface area contributed by atoms with Crippen LogP contribution in [0, 0.1) is 5.92 Å². The maximum atomic E-state index is 12.1. The number of hydrogen-bond donors (Lipinski definition) is 2. The van der Waals surface area contributed by atoms with Crippen molar-refractivity contribution in [2.75, 3.05) is 0 Å². The van der Waals surface area contributed by atoms with Gasteiger partial charge in [-0.25, -0.2) is 0 Å². The molecule has 0 aliphatic heterocycles. The topological polar surface area (TPSA) is 55.1 Å². The molecule has 0 radical (unpaired) electrons. The van der Waals surface area contributed by atoms with Crippen LogP contribution in [0.1, 0.15) is 42.1 Å². The fraction of sp³-hybridized carbons (Fsp3) is 0.500. The summed E-state index contributed by atoms with van der Waals surface area (Å²) in [5.41, 5.74) is 7.28. The molecule has 3 nitrogen and oxygen atoms in total. The first-order chi connectivity index (χ1) is 8.20. The zero-order valence-electron chi connectivity index (χ0n) is 10.3. The van der Waals surface area contributed by atoms with E-state index in [1.807, 2.05) is 24.3 Å². The number of hydrogen-bond acceptors (Lipinski definition) is 2. The molecular formula is C14H20N2O. The monoisotopic (exact) mass is 232 g/mol. The first-order valence-corrected chi connectivity index (χ1v) is 6.30. The third-order valence-corrected chi connectivity index (χ3v) is 3.60. The molecule has 0 spiro atoms. The van der Waals surface area contributed by atoms with Crippen molar-refractivity contribution in [3.63, 3.8) is 0 Å². The van der Waals surface area contributed by atoms with Gasteiger partial charge < -0.3 is 11.1 Å². The summed E-state index contributed by atoms with van der Waals surface area (Å²) in [6, 6.07) is 7.87. The van der Waals surface area contributed by atoms with Gasteiger partial charge in [-0.05, 0) is 36.5 Å². The predicted molar refractivity (Wildman–Crippen MR) is 68.6 cm³/mol. The second kappa shape index (κ2) is 5.32. The normalized spacial score (nSPS) is 23.6. The van der Waals surface area contributed by atoms with Gasteiger partial charge in [0.25, 0.3) is 5.91 Å². The van der Waals surface area contributed by atoms with Gasteiger partial charge >= 0.3 is 0 Å². The molecule has 3 heteroatoms. The van der Waals surface area contributed by atoms with Crippen molar-refractivity contribution < 1.29 is 4.79 Å². The van der Waals surface area contributed by atoms with Crippen molar-refractivity contribution in [3.8, 4) is 0 Å². The molecule has 92 valence electrons. The molecular weight excluding hydrogens is 212 g/mol. The van der Waals surface area contributed by atoms with Gasteiger partial charge in [0, 0.05) is 18.2 Å². The molecule has 2 rings (SSSR count). The zero-order valence-corrected chi connectivity index (χ0v) is 10.3. The minimum atomic E-state index is 0.0269. The van der Waals surface area contributed by atoms with E-state index in [2.05, 4.69) is 12.2 Å². The molecule has 3 N–H and O–H groups in total. The summed E-state index contributed by atoms with van der Waals surface area (Å²) in [4.78, 5) is 12.1. The third-order valence-electron chi connectivity index (χ3n) is 3.60. The fourth-order valence-corrected chi connectivity index (χ4v) is 2.45. The molecule has 1 aliphatic rings. The molecule has 0 heterocycles. The Labute approximate surface area is 102 Å². The highest BCUT2D eigenvalue weighted by Crippen LogP contribution is 2.25. The fourth-order valence-electron chi connectivity index (χ4n) is 2.45. The van der Waals surface area contributed by atoms with Crippen LogP contribution in [0.2, 0.25) is 0 Å². The van der Waals surface area contributed by atoms with E-state index in [1.54, 1.807) is 0 Å². The number of carbonyl (C=O) groups excluding carboxylic acids is 1. The summed E-state index contributed by atoms with van der Waals surface area (Å²) in [6.07, 6.45) is 3.53. The Hall–Kier alpha value is -1.35. The maximum absolute atomic E-state index is 12.1. The van der Waals surface area contributed by atoms with E-state index in [-0.39, 0.29) is 5.91 Å². The van der Waals surface area contributed by atoms with Crippen molar-refractivity contribution >= 4 is 5.91 Å². The van der Waals surface area contributed by atoms with E-state index >= 15 is 0 Å². The SMILES string of the molecule is CC1CCCC1NC(=O)c1cccc(CN)c1. The lowest BCUT2D eigenvalue weighted by molar-refractivity contribution is 0.0929. The smallest absolute Gasteiger partial charge is 0.251 e. The molecule has 1 aromatic carbocycles. The van der Waals surface area contributed by atoms with Crippen LogP contribution in [0.3, 0.4) is 0 Å². The minimum Gasteiger partial charge on any atom is -0.349 e. The summed E-state index contributed by atoms with van der Waals surface area (Å²) < 4.78 is 0. The number of nitrogens with one attached hydrogen (secondary N) is 1. The Morgan fingerprint density at radius 1 is 1.47 bits per heavy atom. The van der Waals surface area contributed by atoms with E-state index in [4.69, 9.17) is 5.73 Å². The first-order valence-electron chi connectivity index (χ1n) is 6.30. The Bertz CT molecular complexity index is 403. The van der Waals surface area contributed by atoms with Crippen molar-refractivity contribution in [2.24, 2.45) is 11.7 Å². The number of rotatable bonds is 3. The molecule has 2 unspecified atom stereocenters. The Kier molecular flexibility index (Phi) is 3.79. The second-order valence-electron chi connectivity index (χ2n) is 4.89. The average molecular weight is 232 g/mol. The van der Waals surface area contributed by atoms with Crippen LogP contribution >= 0.6 is 0 Å². The molecule has 1 fully saturated rings. The van der Waals surface area contributed by atoms with E-state index in [0.717, 1.165) is 12.0 Å². The quantitative estimate of drug-likeness (QED) is 0.838. The van der Waals surface area contributed by atoms with Crippen molar-refractivity contribution in [1.82, 2.24) is 5.32 Å². The summed E-state index contributed by atoms with van der Waals surface area (Å²) in [5, 5.41) is 3.12.